The van der Waals surface area contributed by atoms with Crippen LogP contribution in [0.1, 0.15) is 0 Å². The number of urea groups is 1. The van der Waals surface area contributed by atoms with Crippen molar-refractivity contribution in [3.8, 4) is 17.2 Å². The zero-order chi connectivity index (χ0) is 16.8. The van der Waals surface area contributed by atoms with Gasteiger partial charge in [0, 0.05) is 38.3 Å². The van der Waals surface area contributed by atoms with Gasteiger partial charge in [-0.1, -0.05) is 0 Å². The number of ether oxygens (including phenoxy) is 3. The van der Waals surface area contributed by atoms with Gasteiger partial charge in [0.15, 0.2) is 11.5 Å². The van der Waals surface area contributed by atoms with E-state index in [2.05, 4.69) is 5.32 Å². The number of nitrogens with zero attached hydrogens (tertiary/aromatic N) is 2. The van der Waals surface area contributed by atoms with E-state index in [0.717, 1.165) is 6.41 Å². The normalized spacial score (nSPS) is 14.2. The molecule has 0 atom stereocenters. The van der Waals surface area contributed by atoms with Crippen molar-refractivity contribution in [2.24, 2.45) is 0 Å². The fourth-order valence-electron chi connectivity index (χ4n) is 2.39. The summed E-state index contributed by atoms with van der Waals surface area (Å²) in [5.74, 6) is 1.40. The number of rotatable bonds is 5. The Balaban J connectivity index is 2.10. The number of piperazine rings is 1. The summed E-state index contributed by atoms with van der Waals surface area (Å²) in [7, 11) is 4.55. The smallest absolute Gasteiger partial charge is 0.321 e. The van der Waals surface area contributed by atoms with Crippen LogP contribution in [-0.4, -0.2) is 69.7 Å². The first-order chi connectivity index (χ1) is 11.1. The van der Waals surface area contributed by atoms with Crippen molar-refractivity contribution >= 4 is 18.1 Å². The average Bonchev–Trinajstić information content (AvgIpc) is 2.60. The summed E-state index contributed by atoms with van der Waals surface area (Å²) < 4.78 is 15.8. The molecule has 0 unspecified atom stereocenters. The van der Waals surface area contributed by atoms with Crippen molar-refractivity contribution in [2.45, 2.75) is 0 Å². The number of hydrogen-bond acceptors (Lipinski definition) is 5. The van der Waals surface area contributed by atoms with Crippen molar-refractivity contribution in [3.63, 3.8) is 0 Å². The maximum Gasteiger partial charge on any atom is 0.321 e. The molecule has 0 aromatic heterocycles. The molecule has 0 spiro atoms. The summed E-state index contributed by atoms with van der Waals surface area (Å²) in [6.07, 6.45) is 0.800. The molecule has 8 heteroatoms. The first-order valence-electron chi connectivity index (χ1n) is 7.18. The summed E-state index contributed by atoms with van der Waals surface area (Å²) in [5, 5.41) is 2.81. The Bertz CT molecular complexity index is 545. The highest BCUT2D eigenvalue weighted by molar-refractivity contribution is 5.90. The molecule has 126 valence electrons. The van der Waals surface area contributed by atoms with Gasteiger partial charge in [0.25, 0.3) is 0 Å². The van der Waals surface area contributed by atoms with Gasteiger partial charge in [0.1, 0.15) is 0 Å². The molecule has 1 aliphatic rings. The molecule has 0 bridgehead atoms. The van der Waals surface area contributed by atoms with Crippen molar-refractivity contribution < 1.29 is 23.8 Å². The van der Waals surface area contributed by atoms with Gasteiger partial charge < -0.3 is 29.3 Å². The predicted octanol–water partition coefficient (Wildman–Crippen LogP) is 1.02. The second kappa shape index (κ2) is 7.57. The van der Waals surface area contributed by atoms with Crippen LogP contribution in [0.15, 0.2) is 12.1 Å². The van der Waals surface area contributed by atoms with Crippen LogP contribution < -0.4 is 19.5 Å². The minimum Gasteiger partial charge on any atom is -0.493 e. The third-order valence-electron chi connectivity index (χ3n) is 3.67. The first kappa shape index (κ1) is 16.7. The van der Waals surface area contributed by atoms with Crippen molar-refractivity contribution in [3.05, 3.63) is 12.1 Å². The van der Waals surface area contributed by atoms with Crippen molar-refractivity contribution in [1.29, 1.82) is 0 Å². The Morgan fingerprint density at radius 2 is 1.61 bits per heavy atom. The van der Waals surface area contributed by atoms with Gasteiger partial charge in [-0.2, -0.15) is 0 Å². The van der Waals surface area contributed by atoms with E-state index < -0.39 is 0 Å². The molecular formula is C15H21N3O5. The minimum atomic E-state index is -0.232. The molecule has 0 saturated carbocycles. The molecule has 1 aliphatic heterocycles. The molecule has 1 fully saturated rings. The number of nitrogens with one attached hydrogen (secondary N) is 1. The lowest BCUT2D eigenvalue weighted by Gasteiger charge is -2.32. The number of carbonyl (C=O) groups excluding carboxylic acids is 2. The first-order valence-corrected chi connectivity index (χ1v) is 7.18. The van der Waals surface area contributed by atoms with E-state index in [-0.39, 0.29) is 6.03 Å². The highest BCUT2D eigenvalue weighted by atomic mass is 16.5. The molecule has 3 amide bonds. The summed E-state index contributed by atoms with van der Waals surface area (Å²) in [6.45, 7) is 2.06. The highest BCUT2D eigenvalue weighted by Crippen LogP contribution is 2.39. The highest BCUT2D eigenvalue weighted by Gasteiger charge is 2.21. The Hall–Kier alpha value is -2.64. The molecule has 1 N–H and O–H groups in total. The zero-order valence-corrected chi connectivity index (χ0v) is 13.5. The van der Waals surface area contributed by atoms with Crippen LogP contribution >= 0.6 is 0 Å². The van der Waals surface area contributed by atoms with Crippen LogP contribution in [-0.2, 0) is 4.79 Å². The van der Waals surface area contributed by atoms with E-state index in [1.54, 1.807) is 21.9 Å². The van der Waals surface area contributed by atoms with E-state index in [0.29, 0.717) is 49.1 Å². The van der Waals surface area contributed by atoms with E-state index >= 15 is 0 Å². The molecule has 8 nitrogen and oxygen atoms in total. The van der Waals surface area contributed by atoms with Gasteiger partial charge in [-0.15, -0.1) is 0 Å². The number of benzene rings is 1. The quantitative estimate of drug-likeness (QED) is 0.818. The third-order valence-corrected chi connectivity index (χ3v) is 3.67. The fourth-order valence-corrected chi connectivity index (χ4v) is 2.39. The number of anilines is 1. The summed E-state index contributed by atoms with van der Waals surface area (Å²) in [5.41, 5.74) is 0.544. The lowest BCUT2D eigenvalue weighted by Crippen LogP contribution is -2.49. The SMILES string of the molecule is COc1cc(NC(=O)N2CCN(C=O)CC2)cc(OC)c1OC. The lowest BCUT2D eigenvalue weighted by molar-refractivity contribution is -0.119. The summed E-state index contributed by atoms with van der Waals surface area (Å²) in [6, 6.07) is 3.10. The third kappa shape index (κ3) is 3.77. The Labute approximate surface area is 134 Å². The molecule has 23 heavy (non-hydrogen) atoms. The zero-order valence-electron chi connectivity index (χ0n) is 13.5. The maximum absolute atomic E-state index is 12.3. The second-order valence-electron chi connectivity index (χ2n) is 4.97. The van der Waals surface area contributed by atoms with Gasteiger partial charge in [-0.3, -0.25) is 4.79 Å². The van der Waals surface area contributed by atoms with E-state index in [4.69, 9.17) is 14.2 Å². The van der Waals surface area contributed by atoms with E-state index in [1.807, 2.05) is 0 Å². The van der Waals surface area contributed by atoms with Crippen LogP contribution in [0.25, 0.3) is 0 Å². The lowest BCUT2D eigenvalue weighted by atomic mass is 10.2. The minimum absolute atomic E-state index is 0.232. The molecular weight excluding hydrogens is 302 g/mol. The molecule has 0 radical (unpaired) electrons. The Kier molecular flexibility index (Phi) is 5.51. The van der Waals surface area contributed by atoms with Gasteiger partial charge in [0.05, 0.1) is 27.0 Å². The Morgan fingerprint density at radius 3 is 2.04 bits per heavy atom. The molecule has 0 aliphatic carbocycles. The van der Waals surface area contributed by atoms with Crippen molar-refractivity contribution in [1.82, 2.24) is 9.80 Å². The number of methoxy groups -OCH3 is 3. The monoisotopic (exact) mass is 323 g/mol. The number of hydrogen-bond donors (Lipinski definition) is 1. The van der Waals surface area contributed by atoms with Crippen LogP contribution in [0.2, 0.25) is 0 Å². The number of carbonyl (C=O) groups is 2. The van der Waals surface area contributed by atoms with Gasteiger partial charge in [0.2, 0.25) is 12.2 Å². The average molecular weight is 323 g/mol. The van der Waals surface area contributed by atoms with E-state index in [9.17, 15) is 9.59 Å². The molecule has 1 aromatic rings. The van der Waals surface area contributed by atoms with Gasteiger partial charge in [-0.25, -0.2) is 4.79 Å². The standard InChI is InChI=1S/C15H21N3O5/c1-21-12-8-11(9-13(22-2)14(12)23-3)16-15(20)18-6-4-17(10-19)5-7-18/h8-10H,4-7H2,1-3H3,(H,16,20). The van der Waals surface area contributed by atoms with Crippen LogP contribution in [0.4, 0.5) is 10.5 Å². The summed E-state index contributed by atoms with van der Waals surface area (Å²) in [4.78, 5) is 26.3. The summed E-state index contributed by atoms with van der Waals surface area (Å²) >= 11 is 0. The predicted molar refractivity (Wildman–Crippen MR) is 84.3 cm³/mol. The van der Waals surface area contributed by atoms with Gasteiger partial charge >= 0.3 is 6.03 Å². The van der Waals surface area contributed by atoms with Crippen LogP contribution in [0, 0.1) is 0 Å². The topological polar surface area (TPSA) is 80.3 Å². The Morgan fingerprint density at radius 1 is 1.04 bits per heavy atom. The molecule has 1 aromatic carbocycles. The largest absolute Gasteiger partial charge is 0.493 e. The number of amides is 3. The maximum atomic E-state index is 12.3. The van der Waals surface area contributed by atoms with Crippen LogP contribution in [0.5, 0.6) is 17.2 Å². The van der Waals surface area contributed by atoms with Crippen LogP contribution in [0.3, 0.4) is 0 Å². The fraction of sp³-hybridized carbons (Fsp3) is 0.467. The van der Waals surface area contributed by atoms with Gasteiger partial charge in [-0.05, 0) is 0 Å². The van der Waals surface area contributed by atoms with Crippen molar-refractivity contribution in [2.75, 3.05) is 52.8 Å². The second-order valence-corrected chi connectivity index (χ2v) is 4.97. The van der Waals surface area contributed by atoms with E-state index in [1.165, 1.54) is 21.3 Å². The molecule has 1 saturated heterocycles. The molecule has 2 rings (SSSR count). The molecule has 1 heterocycles.